The van der Waals surface area contributed by atoms with E-state index >= 15 is 0 Å². The van der Waals surface area contributed by atoms with Crippen LogP contribution in [0.3, 0.4) is 0 Å². The van der Waals surface area contributed by atoms with Crippen LogP contribution in [-0.4, -0.2) is 68.8 Å². The van der Waals surface area contributed by atoms with Crippen LogP contribution in [0.5, 0.6) is 0 Å². The van der Waals surface area contributed by atoms with E-state index in [0.29, 0.717) is 23.5 Å². The molecule has 0 atom stereocenters. The molecular weight excluding hydrogens is 520 g/mol. The molecule has 0 unspecified atom stereocenters. The lowest BCUT2D eigenvalue weighted by Crippen LogP contribution is -2.36. The molecule has 2 heterocycles. The summed E-state index contributed by atoms with van der Waals surface area (Å²) in [5.41, 5.74) is 1.20. The third-order valence-corrected chi connectivity index (χ3v) is 8.45. The summed E-state index contributed by atoms with van der Waals surface area (Å²) in [7, 11) is -2.62. The molecule has 12 nitrogen and oxygen atoms in total. The molecule has 0 fully saturated rings. The molecule has 1 aromatic carbocycles. The lowest BCUT2D eigenvalue weighted by Gasteiger charge is -2.26. The van der Waals surface area contributed by atoms with E-state index in [0.717, 1.165) is 14.7 Å². The SMILES string of the molecule is CCOC(=O)N1CCc2c(sc(NC(=O)c3ccc(S(=O)(=O)N(CC#N)CC#N)cc3)c2C(=O)NC)C1. The largest absolute Gasteiger partial charge is 0.450 e. The molecule has 1 aromatic heterocycles. The fraction of sp³-hybridized carbons (Fsp3) is 0.348. The fourth-order valence-corrected chi connectivity index (χ4v) is 6.20. The Morgan fingerprint density at radius 3 is 2.35 bits per heavy atom. The van der Waals surface area contributed by atoms with Gasteiger partial charge >= 0.3 is 6.09 Å². The number of amides is 3. The number of hydrogen-bond acceptors (Lipinski definition) is 9. The Bertz CT molecular complexity index is 1370. The van der Waals surface area contributed by atoms with E-state index in [1.54, 1.807) is 19.1 Å². The van der Waals surface area contributed by atoms with Crippen molar-refractivity contribution in [3.05, 3.63) is 45.8 Å². The molecule has 0 saturated heterocycles. The first-order chi connectivity index (χ1) is 17.7. The van der Waals surface area contributed by atoms with Crippen molar-refractivity contribution in [2.75, 3.05) is 38.6 Å². The summed E-state index contributed by atoms with van der Waals surface area (Å²) >= 11 is 1.18. The van der Waals surface area contributed by atoms with Crippen LogP contribution < -0.4 is 10.6 Å². The number of carbonyl (C=O) groups is 3. The van der Waals surface area contributed by atoms with Crippen LogP contribution in [0, 0.1) is 22.7 Å². The maximum atomic E-state index is 13.0. The Balaban J connectivity index is 1.85. The van der Waals surface area contributed by atoms with E-state index in [4.69, 9.17) is 15.3 Å². The average molecular weight is 545 g/mol. The minimum Gasteiger partial charge on any atom is -0.450 e. The topological polar surface area (TPSA) is 173 Å². The van der Waals surface area contributed by atoms with Gasteiger partial charge in [-0.1, -0.05) is 0 Å². The van der Waals surface area contributed by atoms with Gasteiger partial charge < -0.3 is 20.3 Å². The van der Waals surface area contributed by atoms with E-state index < -0.39 is 35.1 Å². The van der Waals surface area contributed by atoms with Crippen LogP contribution in [0.15, 0.2) is 29.2 Å². The smallest absolute Gasteiger partial charge is 0.410 e. The van der Waals surface area contributed by atoms with Crippen molar-refractivity contribution in [1.82, 2.24) is 14.5 Å². The van der Waals surface area contributed by atoms with Gasteiger partial charge in [-0.25, -0.2) is 13.2 Å². The van der Waals surface area contributed by atoms with Gasteiger partial charge in [0.05, 0.1) is 35.7 Å². The summed E-state index contributed by atoms with van der Waals surface area (Å²) in [6.07, 6.45) is -0.0377. The molecule has 0 saturated carbocycles. The number of fused-ring (bicyclic) bond motifs is 1. The summed E-state index contributed by atoms with van der Waals surface area (Å²) in [6, 6.07) is 8.44. The average Bonchev–Trinajstić information content (AvgIpc) is 3.25. The molecule has 1 aliphatic rings. The zero-order chi connectivity index (χ0) is 27.2. The van der Waals surface area contributed by atoms with E-state index in [2.05, 4.69) is 10.6 Å². The van der Waals surface area contributed by atoms with Crippen molar-refractivity contribution >= 4 is 44.3 Å². The lowest BCUT2D eigenvalue weighted by molar-refractivity contribution is 0.0961. The number of rotatable bonds is 8. The molecule has 0 bridgehead atoms. The zero-order valence-corrected chi connectivity index (χ0v) is 21.7. The first-order valence-corrected chi connectivity index (χ1v) is 13.4. The highest BCUT2D eigenvalue weighted by atomic mass is 32.2. The van der Waals surface area contributed by atoms with Gasteiger partial charge in [0.2, 0.25) is 10.0 Å². The van der Waals surface area contributed by atoms with E-state index in [9.17, 15) is 22.8 Å². The molecule has 0 radical (unpaired) electrons. The van der Waals surface area contributed by atoms with Gasteiger partial charge in [-0.15, -0.1) is 11.3 Å². The van der Waals surface area contributed by atoms with Crippen molar-refractivity contribution in [2.24, 2.45) is 0 Å². The van der Waals surface area contributed by atoms with Gasteiger partial charge in [0.25, 0.3) is 11.8 Å². The Kier molecular flexibility index (Phi) is 8.83. The summed E-state index contributed by atoms with van der Waals surface area (Å²) < 4.78 is 31.2. The second-order valence-corrected chi connectivity index (χ2v) is 10.8. The molecule has 1 aliphatic heterocycles. The number of carbonyl (C=O) groups excluding carboxylic acids is 3. The van der Waals surface area contributed by atoms with E-state index in [1.807, 2.05) is 0 Å². The number of nitrogens with zero attached hydrogens (tertiary/aromatic N) is 4. The molecule has 37 heavy (non-hydrogen) atoms. The molecule has 0 spiro atoms. The molecule has 0 aliphatic carbocycles. The van der Waals surface area contributed by atoms with Crippen LogP contribution in [0.2, 0.25) is 0 Å². The molecule has 3 amide bonds. The summed E-state index contributed by atoms with van der Waals surface area (Å²) in [5.74, 6) is -0.949. The van der Waals surface area contributed by atoms with Crippen molar-refractivity contribution in [2.45, 2.75) is 24.8 Å². The summed E-state index contributed by atoms with van der Waals surface area (Å²) in [5, 5.41) is 23.3. The first kappa shape index (κ1) is 27.6. The van der Waals surface area contributed by atoms with Crippen LogP contribution in [0.1, 0.15) is 38.1 Å². The first-order valence-electron chi connectivity index (χ1n) is 11.1. The molecule has 2 N–H and O–H groups in total. The Morgan fingerprint density at radius 1 is 1.14 bits per heavy atom. The number of ether oxygens (including phenoxy) is 1. The number of thiophene rings is 1. The minimum absolute atomic E-state index is 0.133. The molecule has 194 valence electrons. The standard InChI is InChI=1S/C23H24N6O6S2/c1-3-35-23(32)28-11-8-17-18(14-28)36-22(19(17)21(31)26-2)27-20(30)15-4-6-16(7-5-15)37(33,34)29(12-9-24)13-10-25/h4-7H,3,8,11-14H2,1-2H3,(H,26,31)(H,27,30). The van der Waals surface area contributed by atoms with Crippen LogP contribution in [0.25, 0.3) is 0 Å². The zero-order valence-electron chi connectivity index (χ0n) is 20.1. The number of benzene rings is 1. The van der Waals surface area contributed by atoms with Gasteiger partial charge in [-0.3, -0.25) is 9.59 Å². The number of nitrogens with one attached hydrogen (secondary N) is 2. The Labute approximate surface area is 218 Å². The predicted octanol–water partition coefficient (Wildman–Crippen LogP) is 1.91. The lowest BCUT2D eigenvalue weighted by atomic mass is 10.0. The molecule has 2 aromatic rings. The number of anilines is 1. The predicted molar refractivity (Wildman–Crippen MR) is 133 cm³/mol. The number of hydrogen-bond donors (Lipinski definition) is 2. The molecular formula is C23H24N6O6S2. The van der Waals surface area contributed by atoms with Gasteiger partial charge in [-0.05, 0) is 43.2 Å². The van der Waals surface area contributed by atoms with Gasteiger partial charge in [0, 0.05) is 24.0 Å². The Morgan fingerprint density at radius 2 is 1.78 bits per heavy atom. The van der Waals surface area contributed by atoms with Crippen molar-refractivity contribution in [1.29, 1.82) is 10.5 Å². The van der Waals surface area contributed by atoms with Gasteiger partial charge in [0.1, 0.15) is 18.1 Å². The maximum absolute atomic E-state index is 13.0. The Hall–Kier alpha value is -3.98. The van der Waals surface area contributed by atoms with E-state index in [-0.39, 0.29) is 29.5 Å². The van der Waals surface area contributed by atoms with E-state index in [1.165, 1.54) is 47.5 Å². The fourth-order valence-electron chi connectivity index (χ4n) is 3.71. The third kappa shape index (κ3) is 5.89. The highest BCUT2D eigenvalue weighted by Gasteiger charge is 2.31. The second kappa shape index (κ2) is 11.8. The van der Waals surface area contributed by atoms with Gasteiger partial charge in [0.15, 0.2) is 0 Å². The highest BCUT2D eigenvalue weighted by Crippen LogP contribution is 2.37. The monoisotopic (exact) mass is 544 g/mol. The maximum Gasteiger partial charge on any atom is 0.410 e. The summed E-state index contributed by atoms with van der Waals surface area (Å²) in [4.78, 5) is 39.9. The van der Waals surface area contributed by atoms with Crippen LogP contribution in [0.4, 0.5) is 9.80 Å². The third-order valence-electron chi connectivity index (χ3n) is 5.51. The minimum atomic E-state index is -4.10. The van der Waals surface area contributed by atoms with Crippen molar-refractivity contribution in [3.63, 3.8) is 0 Å². The molecule has 3 rings (SSSR count). The van der Waals surface area contributed by atoms with Crippen molar-refractivity contribution in [3.8, 4) is 12.1 Å². The summed E-state index contributed by atoms with van der Waals surface area (Å²) in [6.45, 7) is 1.59. The van der Waals surface area contributed by atoms with Crippen LogP contribution >= 0.6 is 11.3 Å². The normalized spacial score (nSPS) is 12.7. The number of sulfonamides is 1. The quantitative estimate of drug-likeness (QED) is 0.474. The van der Waals surface area contributed by atoms with Crippen molar-refractivity contribution < 1.29 is 27.5 Å². The second-order valence-electron chi connectivity index (χ2n) is 7.73. The van der Waals surface area contributed by atoms with Gasteiger partial charge in [-0.2, -0.15) is 14.8 Å². The molecule has 14 heteroatoms. The van der Waals surface area contributed by atoms with Crippen LogP contribution in [-0.2, 0) is 27.7 Å². The highest BCUT2D eigenvalue weighted by molar-refractivity contribution is 7.89. The number of nitriles is 2.